The summed E-state index contributed by atoms with van der Waals surface area (Å²) in [6, 6.07) is 18.8. The van der Waals surface area contributed by atoms with Gasteiger partial charge in [0, 0.05) is 18.7 Å². The lowest BCUT2D eigenvalue weighted by Crippen LogP contribution is -2.36. The Hall–Kier alpha value is -3.39. The summed E-state index contributed by atoms with van der Waals surface area (Å²) in [6.45, 7) is 3.92. The van der Waals surface area contributed by atoms with Crippen molar-refractivity contribution in [2.45, 2.75) is 20.0 Å². The van der Waals surface area contributed by atoms with Gasteiger partial charge in [-0.3, -0.25) is 0 Å². The number of halogens is 2. The van der Waals surface area contributed by atoms with E-state index in [9.17, 15) is 8.78 Å². The molecular weight excluding hydrogens is 356 g/mol. The van der Waals surface area contributed by atoms with E-state index in [1.807, 2.05) is 67.3 Å². The van der Waals surface area contributed by atoms with E-state index in [4.69, 9.17) is 5.26 Å². The highest BCUT2D eigenvalue weighted by atomic mass is 19.1. The molecule has 3 aromatic rings. The van der Waals surface area contributed by atoms with Crippen LogP contribution < -0.4 is 9.80 Å². The molecule has 0 saturated heterocycles. The minimum Gasteiger partial charge on any atom is -0.350 e. The summed E-state index contributed by atoms with van der Waals surface area (Å²) >= 11 is 0. The summed E-state index contributed by atoms with van der Waals surface area (Å²) in [6.07, 6.45) is -0.249. The number of aryl methyl sites for hydroxylation is 1. The van der Waals surface area contributed by atoms with Gasteiger partial charge in [0.2, 0.25) is 0 Å². The molecule has 28 heavy (non-hydrogen) atoms. The summed E-state index contributed by atoms with van der Waals surface area (Å²) in [5, 5.41) is 9.14. The molecule has 1 aliphatic heterocycles. The molecule has 0 spiro atoms. The van der Waals surface area contributed by atoms with Crippen LogP contribution in [0.2, 0.25) is 0 Å². The molecule has 5 heteroatoms. The maximum atomic E-state index is 14.9. The van der Waals surface area contributed by atoms with Crippen molar-refractivity contribution in [1.82, 2.24) is 0 Å². The molecule has 0 amide bonds. The number of anilines is 3. The van der Waals surface area contributed by atoms with E-state index in [1.54, 1.807) is 18.0 Å². The van der Waals surface area contributed by atoms with Crippen LogP contribution in [-0.4, -0.2) is 13.2 Å². The molecule has 140 valence electrons. The molecule has 0 unspecified atom stereocenters. The number of nitrogens with zero attached hydrogens (tertiary/aromatic N) is 3. The Balaban J connectivity index is 2.00. The number of para-hydroxylation sites is 1. The van der Waals surface area contributed by atoms with E-state index in [0.29, 0.717) is 5.69 Å². The number of hydrogen-bond donors (Lipinski definition) is 0. The predicted molar refractivity (Wildman–Crippen MR) is 108 cm³/mol. The average Bonchev–Trinajstić information content (AvgIpc) is 2.93. The fourth-order valence-electron chi connectivity index (χ4n) is 3.92. The summed E-state index contributed by atoms with van der Waals surface area (Å²) in [5.74, 6) is -1.66. The van der Waals surface area contributed by atoms with Crippen LogP contribution >= 0.6 is 0 Å². The SMILES string of the molecule is Cc1cccc(-c2ccccc2)c1N1c2cc(F)c(C#N)c(F)c2N(C)[C@@H]1C. The summed E-state index contributed by atoms with van der Waals surface area (Å²) in [4.78, 5) is 3.69. The first-order valence-corrected chi connectivity index (χ1v) is 9.05. The van der Waals surface area contributed by atoms with Gasteiger partial charge >= 0.3 is 0 Å². The van der Waals surface area contributed by atoms with Crippen molar-refractivity contribution in [3.63, 3.8) is 0 Å². The van der Waals surface area contributed by atoms with E-state index in [1.165, 1.54) is 6.07 Å². The first-order chi connectivity index (χ1) is 13.5. The first kappa shape index (κ1) is 18.0. The normalized spacial score (nSPS) is 15.5. The Morgan fingerprint density at radius 1 is 1.00 bits per heavy atom. The molecule has 0 bridgehead atoms. The lowest BCUT2D eigenvalue weighted by molar-refractivity contribution is 0.577. The molecule has 0 saturated carbocycles. The van der Waals surface area contributed by atoms with Crippen LogP contribution in [0.3, 0.4) is 0 Å². The van der Waals surface area contributed by atoms with Gasteiger partial charge in [-0.15, -0.1) is 0 Å². The smallest absolute Gasteiger partial charge is 0.169 e. The minimum atomic E-state index is -0.846. The standard InChI is InChI=1S/C23H19F2N3/c1-14-8-7-11-17(16-9-5-4-6-10-16)22(14)28-15(2)27(3)23-20(28)12-19(24)18(13-26)21(23)25/h4-12,15H,1-3H3/t15-/m0/s1. The van der Waals surface area contributed by atoms with Crippen molar-refractivity contribution >= 4 is 17.1 Å². The maximum absolute atomic E-state index is 14.9. The summed E-state index contributed by atoms with van der Waals surface area (Å²) < 4.78 is 29.4. The molecule has 4 rings (SSSR count). The second-order valence-corrected chi connectivity index (χ2v) is 6.98. The molecule has 1 aliphatic rings. The number of nitriles is 1. The molecule has 0 radical (unpaired) electrons. The Labute approximate surface area is 163 Å². The van der Waals surface area contributed by atoms with Crippen LogP contribution in [0.4, 0.5) is 25.8 Å². The van der Waals surface area contributed by atoms with Gasteiger partial charge in [0.15, 0.2) is 5.82 Å². The van der Waals surface area contributed by atoms with Crippen LogP contribution in [0, 0.1) is 29.9 Å². The summed E-state index contributed by atoms with van der Waals surface area (Å²) in [7, 11) is 1.76. The van der Waals surface area contributed by atoms with Gasteiger partial charge in [-0.05, 0) is 25.0 Å². The monoisotopic (exact) mass is 375 g/mol. The zero-order valence-electron chi connectivity index (χ0n) is 15.9. The highest BCUT2D eigenvalue weighted by Gasteiger charge is 2.38. The van der Waals surface area contributed by atoms with Gasteiger partial charge in [0.1, 0.15) is 29.3 Å². The van der Waals surface area contributed by atoms with Gasteiger partial charge in [-0.2, -0.15) is 5.26 Å². The molecule has 1 heterocycles. The second-order valence-electron chi connectivity index (χ2n) is 6.98. The average molecular weight is 375 g/mol. The van der Waals surface area contributed by atoms with Crippen LogP contribution in [0.1, 0.15) is 18.1 Å². The maximum Gasteiger partial charge on any atom is 0.169 e. The van der Waals surface area contributed by atoms with Crippen LogP contribution in [-0.2, 0) is 0 Å². The third-order valence-corrected chi connectivity index (χ3v) is 5.39. The van der Waals surface area contributed by atoms with E-state index < -0.39 is 17.2 Å². The van der Waals surface area contributed by atoms with Crippen molar-refractivity contribution in [1.29, 1.82) is 5.26 Å². The summed E-state index contributed by atoms with van der Waals surface area (Å²) in [5.41, 5.74) is 4.03. The van der Waals surface area contributed by atoms with E-state index in [0.717, 1.165) is 22.4 Å². The van der Waals surface area contributed by atoms with Crippen molar-refractivity contribution < 1.29 is 8.78 Å². The van der Waals surface area contributed by atoms with Crippen molar-refractivity contribution in [3.8, 4) is 17.2 Å². The highest BCUT2D eigenvalue weighted by molar-refractivity contribution is 5.92. The van der Waals surface area contributed by atoms with E-state index in [2.05, 4.69) is 0 Å². The van der Waals surface area contributed by atoms with Gasteiger partial charge < -0.3 is 9.80 Å². The topological polar surface area (TPSA) is 30.3 Å². The Kier molecular flexibility index (Phi) is 4.27. The molecular formula is C23H19F2N3. The predicted octanol–water partition coefficient (Wildman–Crippen LogP) is 5.75. The van der Waals surface area contributed by atoms with Gasteiger partial charge in [-0.25, -0.2) is 8.78 Å². The van der Waals surface area contributed by atoms with Gasteiger partial charge in [0.25, 0.3) is 0 Å². The van der Waals surface area contributed by atoms with E-state index in [-0.39, 0.29) is 11.9 Å². The van der Waals surface area contributed by atoms with Gasteiger partial charge in [0.05, 0.1) is 11.4 Å². The molecule has 3 aromatic carbocycles. The quantitative estimate of drug-likeness (QED) is 0.572. The van der Waals surface area contributed by atoms with Gasteiger partial charge in [-0.1, -0.05) is 48.5 Å². The van der Waals surface area contributed by atoms with Crippen molar-refractivity contribution in [2.24, 2.45) is 0 Å². The van der Waals surface area contributed by atoms with Crippen molar-refractivity contribution in [2.75, 3.05) is 16.8 Å². The van der Waals surface area contributed by atoms with Crippen LogP contribution in [0.25, 0.3) is 11.1 Å². The Morgan fingerprint density at radius 2 is 1.71 bits per heavy atom. The number of fused-ring (bicyclic) bond motifs is 1. The zero-order valence-corrected chi connectivity index (χ0v) is 15.9. The second kappa shape index (κ2) is 6.65. The number of rotatable bonds is 2. The lowest BCUT2D eigenvalue weighted by atomic mass is 9.99. The fraction of sp³-hybridized carbons (Fsp3) is 0.174. The first-order valence-electron chi connectivity index (χ1n) is 9.05. The molecule has 1 atom stereocenters. The molecule has 3 nitrogen and oxygen atoms in total. The largest absolute Gasteiger partial charge is 0.350 e. The van der Waals surface area contributed by atoms with E-state index >= 15 is 0 Å². The molecule has 0 aromatic heterocycles. The van der Waals surface area contributed by atoms with Crippen LogP contribution in [0.15, 0.2) is 54.6 Å². The number of benzene rings is 3. The molecule has 0 aliphatic carbocycles. The highest BCUT2D eigenvalue weighted by Crippen LogP contribution is 2.49. The molecule has 0 fully saturated rings. The lowest BCUT2D eigenvalue weighted by Gasteiger charge is -2.31. The number of hydrogen-bond acceptors (Lipinski definition) is 3. The minimum absolute atomic E-state index is 0.243. The van der Waals surface area contributed by atoms with Crippen molar-refractivity contribution in [3.05, 3.63) is 77.4 Å². The third-order valence-electron chi connectivity index (χ3n) is 5.39. The third kappa shape index (κ3) is 2.53. The molecule has 0 N–H and O–H groups in total. The Bertz CT molecular complexity index is 1100. The zero-order chi connectivity index (χ0) is 20.0. The Morgan fingerprint density at radius 3 is 2.39 bits per heavy atom. The van der Waals surface area contributed by atoms with Crippen LogP contribution in [0.5, 0.6) is 0 Å². The fourth-order valence-corrected chi connectivity index (χ4v) is 3.92.